The second-order valence-electron chi connectivity index (χ2n) is 9.25. The topological polar surface area (TPSA) is 85.9 Å². The Labute approximate surface area is 192 Å². The summed E-state index contributed by atoms with van der Waals surface area (Å²) in [6, 6.07) is 8.85. The lowest BCUT2D eigenvalue weighted by Gasteiger charge is -2.34. The van der Waals surface area contributed by atoms with E-state index in [4.69, 9.17) is 9.97 Å². The first kappa shape index (κ1) is 21.6. The van der Waals surface area contributed by atoms with Crippen molar-refractivity contribution in [3.05, 3.63) is 40.4 Å². The van der Waals surface area contributed by atoms with Gasteiger partial charge in [0.15, 0.2) is 0 Å². The molecular weight excluding hydrogens is 420 g/mol. The van der Waals surface area contributed by atoms with E-state index in [9.17, 15) is 4.79 Å². The molecule has 0 saturated carbocycles. The van der Waals surface area contributed by atoms with Gasteiger partial charge in [-0.25, -0.2) is 9.97 Å². The van der Waals surface area contributed by atoms with Crippen LogP contribution in [-0.2, 0) is 0 Å². The zero-order chi connectivity index (χ0) is 22.1. The van der Waals surface area contributed by atoms with Gasteiger partial charge in [-0.05, 0) is 71.3 Å². The van der Waals surface area contributed by atoms with Gasteiger partial charge in [-0.1, -0.05) is 12.1 Å². The van der Waals surface area contributed by atoms with E-state index in [1.54, 1.807) is 11.3 Å². The maximum absolute atomic E-state index is 13.4. The zero-order valence-electron chi connectivity index (χ0n) is 18.9. The second-order valence-corrected chi connectivity index (χ2v) is 10.3. The van der Waals surface area contributed by atoms with Crippen molar-refractivity contribution in [1.29, 1.82) is 0 Å². The van der Waals surface area contributed by atoms with Crippen molar-refractivity contribution in [2.24, 2.45) is 0 Å². The van der Waals surface area contributed by atoms with E-state index >= 15 is 0 Å². The highest BCUT2D eigenvalue weighted by Crippen LogP contribution is 2.34. The number of nitrogens with zero attached hydrogens (tertiary/aromatic N) is 3. The van der Waals surface area contributed by atoms with Crippen LogP contribution in [0.5, 0.6) is 0 Å². The Balaban J connectivity index is 1.51. The molecule has 0 aliphatic carbocycles. The Morgan fingerprint density at radius 3 is 2.69 bits per heavy atom. The van der Waals surface area contributed by atoms with Gasteiger partial charge in [0.2, 0.25) is 0 Å². The summed E-state index contributed by atoms with van der Waals surface area (Å²) in [5, 5.41) is 7.78. The van der Waals surface area contributed by atoms with Gasteiger partial charge < -0.3 is 20.5 Å². The molecule has 0 amide bonds. The monoisotopic (exact) mass is 452 g/mol. The van der Waals surface area contributed by atoms with Gasteiger partial charge in [-0.3, -0.25) is 4.79 Å². The van der Waals surface area contributed by atoms with E-state index in [1.165, 1.54) is 0 Å². The number of hydrogen-bond acceptors (Lipinski definition) is 7. The van der Waals surface area contributed by atoms with E-state index in [1.807, 2.05) is 24.3 Å². The van der Waals surface area contributed by atoms with Crippen LogP contribution in [-0.4, -0.2) is 58.1 Å². The summed E-state index contributed by atoms with van der Waals surface area (Å²) in [5.41, 5.74) is 1.40. The van der Waals surface area contributed by atoms with Crippen molar-refractivity contribution >= 4 is 27.4 Å². The molecule has 4 heterocycles. The smallest absolute Gasteiger partial charge is 0.263 e. The molecule has 3 N–H and O–H groups in total. The number of rotatable bonds is 5. The Kier molecular flexibility index (Phi) is 6.26. The lowest BCUT2D eigenvalue weighted by molar-refractivity contribution is 0.169. The van der Waals surface area contributed by atoms with Crippen LogP contribution in [0.4, 0.5) is 5.82 Å². The van der Waals surface area contributed by atoms with Crippen LogP contribution >= 0.6 is 11.3 Å². The van der Waals surface area contributed by atoms with E-state index < -0.39 is 0 Å². The van der Waals surface area contributed by atoms with Crippen molar-refractivity contribution in [1.82, 2.24) is 25.2 Å². The molecule has 170 valence electrons. The summed E-state index contributed by atoms with van der Waals surface area (Å²) in [7, 11) is 0. The third-order valence-corrected chi connectivity index (χ3v) is 7.78. The minimum Gasteiger partial charge on any atom is -0.365 e. The number of anilines is 1. The third-order valence-electron chi connectivity index (χ3n) is 6.73. The van der Waals surface area contributed by atoms with E-state index in [0.29, 0.717) is 17.4 Å². The molecule has 2 aliphatic rings. The second kappa shape index (κ2) is 9.29. The maximum Gasteiger partial charge on any atom is 0.263 e. The minimum absolute atomic E-state index is 0.0911. The first-order valence-corrected chi connectivity index (χ1v) is 12.6. The highest BCUT2D eigenvalue weighted by molar-refractivity contribution is 7.21. The Hall–Kier alpha value is -2.29. The molecule has 2 aromatic heterocycles. The van der Waals surface area contributed by atoms with Crippen LogP contribution in [0.2, 0.25) is 0 Å². The number of aromatic amines is 1. The molecule has 0 bridgehead atoms. The molecule has 32 heavy (non-hydrogen) atoms. The Morgan fingerprint density at radius 1 is 1.16 bits per heavy atom. The summed E-state index contributed by atoms with van der Waals surface area (Å²) < 4.78 is 1.08. The molecule has 3 aromatic rings. The standard InChI is InChI=1S/C24H32N6OS/c1-15(2)30-12-9-16(10-13-30)21-28-22(26-17-6-5-11-25-14-17)20(23(31)29-21)24-27-18-7-3-4-8-19(18)32-24/h3-4,7-8,15-17,25H,5-6,9-14H2,1-2H3,(H2,26,28,29,31). The molecule has 1 aromatic carbocycles. The number of H-pyrrole nitrogens is 1. The first-order chi connectivity index (χ1) is 15.6. The molecule has 2 aliphatic heterocycles. The van der Waals surface area contributed by atoms with Gasteiger partial charge in [0.25, 0.3) is 5.56 Å². The number of para-hydroxylation sites is 1. The van der Waals surface area contributed by atoms with Crippen molar-refractivity contribution in [2.75, 3.05) is 31.5 Å². The number of fused-ring (bicyclic) bond motifs is 1. The summed E-state index contributed by atoms with van der Waals surface area (Å²) in [4.78, 5) is 28.8. The van der Waals surface area contributed by atoms with E-state index in [-0.39, 0.29) is 17.5 Å². The average molecular weight is 453 g/mol. The number of hydrogen-bond donors (Lipinski definition) is 3. The molecule has 1 atom stereocenters. The minimum atomic E-state index is -0.0911. The largest absolute Gasteiger partial charge is 0.365 e. The fourth-order valence-electron chi connectivity index (χ4n) is 4.82. The maximum atomic E-state index is 13.4. The molecule has 1 unspecified atom stereocenters. The zero-order valence-corrected chi connectivity index (χ0v) is 19.7. The number of nitrogens with one attached hydrogen (secondary N) is 3. The van der Waals surface area contributed by atoms with Gasteiger partial charge in [-0.2, -0.15) is 0 Å². The molecule has 0 radical (unpaired) electrons. The fourth-order valence-corrected chi connectivity index (χ4v) is 5.83. The van der Waals surface area contributed by atoms with E-state index in [2.05, 4.69) is 34.4 Å². The molecule has 8 heteroatoms. The number of thiazole rings is 1. The van der Waals surface area contributed by atoms with Gasteiger partial charge in [0, 0.05) is 24.5 Å². The predicted molar refractivity (Wildman–Crippen MR) is 132 cm³/mol. The van der Waals surface area contributed by atoms with Crippen LogP contribution < -0.4 is 16.2 Å². The third kappa shape index (κ3) is 4.44. The fraction of sp³-hybridized carbons (Fsp3) is 0.542. The molecule has 0 spiro atoms. The summed E-state index contributed by atoms with van der Waals surface area (Å²) in [6.07, 6.45) is 4.23. The lowest BCUT2D eigenvalue weighted by Crippen LogP contribution is -2.40. The summed E-state index contributed by atoms with van der Waals surface area (Å²) in [6.45, 7) is 8.50. The van der Waals surface area contributed by atoms with E-state index in [0.717, 1.165) is 72.9 Å². The number of benzene rings is 1. The SMILES string of the molecule is CC(C)N1CCC(c2nc(NC3CCCNC3)c(-c3nc4ccccc4s3)c(=O)[nH]2)CC1. The Bertz CT molecular complexity index is 1090. The average Bonchev–Trinajstić information content (AvgIpc) is 3.23. The van der Waals surface area contributed by atoms with Gasteiger partial charge in [0.05, 0.1) is 10.2 Å². The van der Waals surface area contributed by atoms with Crippen LogP contribution in [0, 0.1) is 0 Å². The van der Waals surface area contributed by atoms with Gasteiger partial charge in [0.1, 0.15) is 22.2 Å². The van der Waals surface area contributed by atoms with Crippen LogP contribution in [0.15, 0.2) is 29.1 Å². The normalized spacial score (nSPS) is 20.8. The quantitative estimate of drug-likeness (QED) is 0.546. The molecular formula is C24H32N6OS. The molecule has 2 fully saturated rings. The highest BCUT2D eigenvalue weighted by Gasteiger charge is 2.27. The summed E-state index contributed by atoms with van der Waals surface area (Å²) >= 11 is 1.55. The number of aromatic nitrogens is 3. The molecule has 5 rings (SSSR count). The predicted octanol–water partition coefficient (Wildman–Crippen LogP) is 3.80. The summed E-state index contributed by atoms with van der Waals surface area (Å²) in [5.74, 6) is 1.78. The molecule has 2 saturated heterocycles. The van der Waals surface area contributed by atoms with Crippen molar-refractivity contribution in [2.45, 2.75) is 57.5 Å². The van der Waals surface area contributed by atoms with Crippen molar-refractivity contribution < 1.29 is 0 Å². The lowest BCUT2D eigenvalue weighted by atomic mass is 9.95. The highest BCUT2D eigenvalue weighted by atomic mass is 32.1. The van der Waals surface area contributed by atoms with Crippen LogP contribution in [0.1, 0.15) is 51.3 Å². The first-order valence-electron chi connectivity index (χ1n) is 11.8. The number of likely N-dealkylation sites (tertiary alicyclic amines) is 1. The van der Waals surface area contributed by atoms with Crippen LogP contribution in [0.3, 0.4) is 0 Å². The van der Waals surface area contributed by atoms with Crippen LogP contribution in [0.25, 0.3) is 20.8 Å². The van der Waals surface area contributed by atoms with Crippen molar-refractivity contribution in [3.8, 4) is 10.6 Å². The van der Waals surface area contributed by atoms with Gasteiger partial charge >= 0.3 is 0 Å². The van der Waals surface area contributed by atoms with Crippen molar-refractivity contribution in [3.63, 3.8) is 0 Å². The Morgan fingerprint density at radius 2 is 1.97 bits per heavy atom. The molecule has 7 nitrogen and oxygen atoms in total. The number of piperidine rings is 2. The van der Waals surface area contributed by atoms with Gasteiger partial charge in [-0.15, -0.1) is 11.3 Å².